The molecule has 0 bridgehead atoms. The first-order chi connectivity index (χ1) is 8.86. The Morgan fingerprint density at radius 3 is 2.35 bits per heavy atom. The van der Waals surface area contributed by atoms with Crippen molar-refractivity contribution in [1.29, 1.82) is 0 Å². The molecule has 1 atom stereocenters. The first-order valence-electron chi connectivity index (χ1n) is 6.79. The molecule has 0 aliphatic carbocycles. The lowest BCUT2D eigenvalue weighted by atomic mass is 9.98. The third kappa shape index (κ3) is 3.44. The Bertz CT molecular complexity index is 533. The van der Waals surface area contributed by atoms with Crippen LogP contribution in [0.25, 0.3) is 10.8 Å². The topological polar surface area (TPSA) is 15.3 Å². The molecule has 1 aliphatic rings. The third-order valence-corrected chi connectivity index (χ3v) is 3.97. The van der Waals surface area contributed by atoms with Crippen molar-refractivity contribution >= 4 is 35.6 Å². The SMILES string of the molecule is C[C@H](c1cccc2ccccc12)N1CCNCC1.Cl.Cl. The molecule has 1 fully saturated rings. The summed E-state index contributed by atoms with van der Waals surface area (Å²) in [5.74, 6) is 0. The lowest BCUT2D eigenvalue weighted by molar-refractivity contribution is 0.186. The molecule has 110 valence electrons. The largest absolute Gasteiger partial charge is 0.314 e. The smallest absolute Gasteiger partial charge is 0.0327 e. The number of fused-ring (bicyclic) bond motifs is 1. The summed E-state index contributed by atoms with van der Waals surface area (Å²) in [5, 5.41) is 6.16. The molecule has 3 rings (SSSR count). The molecule has 1 N–H and O–H groups in total. The first kappa shape index (κ1) is 17.3. The second-order valence-electron chi connectivity index (χ2n) is 5.03. The molecule has 2 aromatic rings. The van der Waals surface area contributed by atoms with Crippen LogP contribution >= 0.6 is 24.8 Å². The quantitative estimate of drug-likeness (QED) is 0.910. The van der Waals surface area contributed by atoms with Gasteiger partial charge in [-0.2, -0.15) is 0 Å². The summed E-state index contributed by atoms with van der Waals surface area (Å²) < 4.78 is 0. The zero-order valence-electron chi connectivity index (χ0n) is 11.7. The average Bonchev–Trinajstić information content (AvgIpc) is 2.47. The molecule has 1 aliphatic heterocycles. The molecule has 20 heavy (non-hydrogen) atoms. The van der Waals surface area contributed by atoms with Gasteiger partial charge in [0.15, 0.2) is 0 Å². The van der Waals surface area contributed by atoms with Crippen molar-refractivity contribution in [3.63, 3.8) is 0 Å². The number of benzene rings is 2. The van der Waals surface area contributed by atoms with Crippen LogP contribution in [0.1, 0.15) is 18.5 Å². The standard InChI is InChI=1S/C16H20N2.2ClH/c1-13(18-11-9-17-10-12-18)15-8-4-6-14-5-2-3-7-16(14)15;;/h2-8,13,17H,9-12H2,1H3;2*1H/t13-;;/m1../s1. The number of piperazine rings is 1. The molecule has 2 aromatic carbocycles. The molecule has 0 saturated carbocycles. The van der Waals surface area contributed by atoms with Crippen LogP contribution in [0.4, 0.5) is 0 Å². The number of hydrogen-bond donors (Lipinski definition) is 1. The maximum absolute atomic E-state index is 3.42. The molecule has 0 aromatic heterocycles. The summed E-state index contributed by atoms with van der Waals surface area (Å²) in [6.45, 7) is 6.83. The van der Waals surface area contributed by atoms with Gasteiger partial charge < -0.3 is 5.32 Å². The highest BCUT2D eigenvalue weighted by atomic mass is 35.5. The van der Waals surface area contributed by atoms with Crippen LogP contribution in [0, 0.1) is 0 Å². The molecule has 0 spiro atoms. The van der Waals surface area contributed by atoms with E-state index in [0.29, 0.717) is 6.04 Å². The van der Waals surface area contributed by atoms with Crippen LogP contribution in [0.5, 0.6) is 0 Å². The summed E-state index contributed by atoms with van der Waals surface area (Å²) >= 11 is 0. The average molecular weight is 313 g/mol. The number of rotatable bonds is 2. The minimum Gasteiger partial charge on any atom is -0.314 e. The Morgan fingerprint density at radius 1 is 0.950 bits per heavy atom. The first-order valence-corrected chi connectivity index (χ1v) is 6.79. The third-order valence-electron chi connectivity index (χ3n) is 3.97. The van der Waals surface area contributed by atoms with E-state index in [-0.39, 0.29) is 24.8 Å². The maximum Gasteiger partial charge on any atom is 0.0327 e. The van der Waals surface area contributed by atoms with Gasteiger partial charge in [-0.25, -0.2) is 0 Å². The fraction of sp³-hybridized carbons (Fsp3) is 0.375. The summed E-state index contributed by atoms with van der Waals surface area (Å²) in [6, 6.07) is 15.8. The van der Waals surface area contributed by atoms with E-state index < -0.39 is 0 Å². The second-order valence-corrected chi connectivity index (χ2v) is 5.03. The van der Waals surface area contributed by atoms with E-state index in [0.717, 1.165) is 26.2 Å². The lowest BCUT2D eigenvalue weighted by Gasteiger charge is -2.33. The van der Waals surface area contributed by atoms with E-state index in [1.807, 2.05) is 0 Å². The van der Waals surface area contributed by atoms with Crippen molar-refractivity contribution in [2.75, 3.05) is 26.2 Å². The van der Waals surface area contributed by atoms with E-state index >= 15 is 0 Å². The molecule has 1 heterocycles. The van der Waals surface area contributed by atoms with E-state index in [9.17, 15) is 0 Å². The van der Waals surface area contributed by atoms with Crippen molar-refractivity contribution in [2.24, 2.45) is 0 Å². The van der Waals surface area contributed by atoms with Gasteiger partial charge in [0.2, 0.25) is 0 Å². The van der Waals surface area contributed by atoms with E-state index in [4.69, 9.17) is 0 Å². The van der Waals surface area contributed by atoms with Crippen LogP contribution in [0.15, 0.2) is 42.5 Å². The summed E-state index contributed by atoms with van der Waals surface area (Å²) in [4.78, 5) is 2.57. The van der Waals surface area contributed by atoms with E-state index in [1.165, 1.54) is 16.3 Å². The molecular formula is C16H22Cl2N2. The lowest BCUT2D eigenvalue weighted by Crippen LogP contribution is -2.44. The van der Waals surface area contributed by atoms with Gasteiger partial charge in [-0.15, -0.1) is 24.8 Å². The van der Waals surface area contributed by atoms with Gasteiger partial charge in [0, 0.05) is 32.2 Å². The number of halogens is 2. The molecule has 2 nitrogen and oxygen atoms in total. The highest BCUT2D eigenvalue weighted by molar-refractivity contribution is 5.86. The van der Waals surface area contributed by atoms with Crippen LogP contribution in [-0.4, -0.2) is 31.1 Å². The fourth-order valence-corrected chi connectivity index (χ4v) is 2.88. The van der Waals surface area contributed by atoms with Crippen LogP contribution in [-0.2, 0) is 0 Å². The van der Waals surface area contributed by atoms with Gasteiger partial charge >= 0.3 is 0 Å². The van der Waals surface area contributed by atoms with Gasteiger partial charge in [-0.05, 0) is 23.3 Å². The fourth-order valence-electron chi connectivity index (χ4n) is 2.88. The number of nitrogens with zero attached hydrogens (tertiary/aromatic N) is 1. The minimum atomic E-state index is 0. The minimum absolute atomic E-state index is 0. The highest BCUT2D eigenvalue weighted by Crippen LogP contribution is 2.27. The molecule has 0 amide bonds. The molecule has 0 radical (unpaired) electrons. The Kier molecular flexibility index (Phi) is 6.77. The molecule has 0 unspecified atom stereocenters. The van der Waals surface area contributed by atoms with Gasteiger partial charge in [0.25, 0.3) is 0 Å². The predicted molar refractivity (Wildman–Crippen MR) is 91.3 cm³/mol. The molecule has 4 heteroatoms. The zero-order chi connectivity index (χ0) is 12.4. The Balaban J connectivity index is 0.000001000. The van der Waals surface area contributed by atoms with Crippen molar-refractivity contribution in [1.82, 2.24) is 10.2 Å². The van der Waals surface area contributed by atoms with Crippen molar-refractivity contribution in [3.8, 4) is 0 Å². The van der Waals surface area contributed by atoms with Crippen molar-refractivity contribution < 1.29 is 0 Å². The normalized spacial score (nSPS) is 17.1. The second kappa shape index (κ2) is 7.84. The van der Waals surface area contributed by atoms with E-state index in [1.54, 1.807) is 0 Å². The van der Waals surface area contributed by atoms with Gasteiger partial charge in [-0.1, -0.05) is 42.5 Å². The molecular weight excluding hydrogens is 291 g/mol. The van der Waals surface area contributed by atoms with Crippen LogP contribution in [0.2, 0.25) is 0 Å². The van der Waals surface area contributed by atoms with Crippen LogP contribution in [0.3, 0.4) is 0 Å². The number of hydrogen-bond acceptors (Lipinski definition) is 2. The summed E-state index contributed by atoms with van der Waals surface area (Å²) in [7, 11) is 0. The van der Waals surface area contributed by atoms with Crippen molar-refractivity contribution in [2.45, 2.75) is 13.0 Å². The predicted octanol–water partition coefficient (Wildman–Crippen LogP) is 3.65. The Morgan fingerprint density at radius 2 is 1.60 bits per heavy atom. The van der Waals surface area contributed by atoms with Gasteiger partial charge in [-0.3, -0.25) is 4.90 Å². The monoisotopic (exact) mass is 312 g/mol. The van der Waals surface area contributed by atoms with Crippen molar-refractivity contribution in [3.05, 3.63) is 48.0 Å². The zero-order valence-corrected chi connectivity index (χ0v) is 13.3. The highest BCUT2D eigenvalue weighted by Gasteiger charge is 2.19. The maximum atomic E-state index is 3.42. The molecule has 1 saturated heterocycles. The van der Waals surface area contributed by atoms with Gasteiger partial charge in [0.05, 0.1) is 0 Å². The Labute approximate surface area is 133 Å². The van der Waals surface area contributed by atoms with Gasteiger partial charge in [0.1, 0.15) is 0 Å². The van der Waals surface area contributed by atoms with E-state index in [2.05, 4.69) is 59.6 Å². The summed E-state index contributed by atoms with van der Waals surface area (Å²) in [6.07, 6.45) is 0. The number of nitrogens with one attached hydrogen (secondary N) is 1. The Hall–Kier alpha value is -0.800. The van der Waals surface area contributed by atoms with Crippen LogP contribution < -0.4 is 5.32 Å². The summed E-state index contributed by atoms with van der Waals surface area (Å²) in [5.41, 5.74) is 1.45.